The topological polar surface area (TPSA) is 220 Å². The summed E-state index contributed by atoms with van der Waals surface area (Å²) in [6, 6.07) is 4.25. The second-order valence-corrected chi connectivity index (χ2v) is 11.5. The maximum absolute atomic E-state index is 12.3. The van der Waals surface area contributed by atoms with Gasteiger partial charge in [-0.25, -0.2) is 0 Å². The number of rotatable bonds is 18. The zero-order valence-corrected chi connectivity index (χ0v) is 25.8. The van der Waals surface area contributed by atoms with Crippen molar-refractivity contribution in [2.75, 3.05) is 25.0 Å². The number of halogens is 1. The number of nitrogens with one attached hydrogen (secondary N) is 4. The molecule has 42 heavy (non-hydrogen) atoms. The number of aliphatic hydroxyl groups excluding tert-OH is 1. The highest BCUT2D eigenvalue weighted by molar-refractivity contribution is 9.12. The SMILES string of the molecule is CC(C[C@@H](N)Cc1ccc(O)c(NC(=O)CCCNC(=O)/C=C(\Br)C(=O)NCCCC(=O)NC(C)(C)CO)c1)C(=O)O. The second kappa shape index (κ2) is 18.1. The molecule has 1 unspecified atom stereocenters. The van der Waals surface area contributed by atoms with Crippen molar-refractivity contribution in [1.82, 2.24) is 16.0 Å². The maximum atomic E-state index is 12.3. The zero-order chi connectivity index (χ0) is 31.9. The predicted molar refractivity (Wildman–Crippen MR) is 161 cm³/mol. The van der Waals surface area contributed by atoms with Crippen LogP contribution in [0.1, 0.15) is 58.4 Å². The standard InChI is InChI=1S/C28H42BrN5O8/c1-17(27(41)42)12-19(30)13-18-8-9-22(36)21(14-18)33-23(37)6-4-10-31-25(39)15-20(29)26(40)32-11-5-7-24(38)34-28(2,3)16-35/h8-9,14-15,17,19,35-36H,4-7,10-13,16,30H2,1-3H3,(H,31,39)(H,32,40)(H,33,37)(H,34,38)(H,41,42)/b20-15-/t17?,19-/m1/s1. The number of carboxylic acid groups (broad SMARTS) is 1. The fraction of sp³-hybridized carbons (Fsp3) is 0.536. The molecule has 0 saturated heterocycles. The highest BCUT2D eigenvalue weighted by atomic mass is 79.9. The van der Waals surface area contributed by atoms with Crippen molar-refractivity contribution >= 4 is 51.2 Å². The van der Waals surface area contributed by atoms with Crippen LogP contribution in [0.4, 0.5) is 5.69 Å². The molecule has 0 aliphatic heterocycles. The number of aliphatic hydroxyl groups is 1. The van der Waals surface area contributed by atoms with E-state index in [1.54, 1.807) is 32.9 Å². The first kappa shape index (κ1) is 36.5. The van der Waals surface area contributed by atoms with E-state index in [1.165, 1.54) is 6.07 Å². The summed E-state index contributed by atoms with van der Waals surface area (Å²) in [7, 11) is 0. The normalized spacial score (nSPS) is 13.0. The molecule has 0 radical (unpaired) electrons. The van der Waals surface area contributed by atoms with Crippen LogP contribution >= 0.6 is 15.9 Å². The second-order valence-electron chi connectivity index (χ2n) is 10.7. The number of phenols is 1. The van der Waals surface area contributed by atoms with Crippen molar-refractivity contribution in [3.8, 4) is 5.75 Å². The number of nitrogens with two attached hydrogens (primary N) is 1. The molecule has 0 aromatic heterocycles. The summed E-state index contributed by atoms with van der Waals surface area (Å²) >= 11 is 3.05. The van der Waals surface area contributed by atoms with Gasteiger partial charge in [-0.3, -0.25) is 24.0 Å². The Balaban J connectivity index is 2.39. The van der Waals surface area contributed by atoms with E-state index < -0.39 is 35.3 Å². The number of aliphatic carboxylic acids is 1. The van der Waals surface area contributed by atoms with E-state index in [-0.39, 0.29) is 66.7 Å². The molecule has 0 bridgehead atoms. The minimum absolute atomic E-state index is 0.00361. The van der Waals surface area contributed by atoms with Gasteiger partial charge >= 0.3 is 5.97 Å². The number of benzene rings is 1. The van der Waals surface area contributed by atoms with E-state index in [1.807, 2.05) is 0 Å². The van der Waals surface area contributed by atoms with E-state index in [0.717, 1.165) is 11.6 Å². The summed E-state index contributed by atoms with van der Waals surface area (Å²) in [6.45, 7) is 5.13. The first-order valence-electron chi connectivity index (χ1n) is 13.6. The third-order valence-corrected chi connectivity index (χ3v) is 6.59. The van der Waals surface area contributed by atoms with E-state index in [9.17, 15) is 34.2 Å². The number of amides is 4. The lowest BCUT2D eigenvalue weighted by molar-refractivity contribution is -0.141. The molecule has 13 nitrogen and oxygen atoms in total. The fourth-order valence-corrected chi connectivity index (χ4v) is 4.02. The number of anilines is 1. The van der Waals surface area contributed by atoms with Crippen molar-refractivity contribution in [3.63, 3.8) is 0 Å². The first-order chi connectivity index (χ1) is 19.6. The molecule has 0 aliphatic carbocycles. The van der Waals surface area contributed by atoms with E-state index in [2.05, 4.69) is 37.2 Å². The van der Waals surface area contributed by atoms with Crippen molar-refractivity contribution < 1.29 is 39.3 Å². The Morgan fingerprint density at radius 2 is 1.67 bits per heavy atom. The number of hydrogen-bond acceptors (Lipinski definition) is 8. The molecule has 14 heteroatoms. The Labute approximate surface area is 253 Å². The van der Waals surface area contributed by atoms with Gasteiger partial charge in [0, 0.05) is 38.0 Å². The summed E-state index contributed by atoms with van der Waals surface area (Å²) in [6.07, 6.45) is 2.59. The van der Waals surface area contributed by atoms with Crippen LogP contribution in [0.2, 0.25) is 0 Å². The lowest BCUT2D eigenvalue weighted by atomic mass is 9.96. The quantitative estimate of drug-likeness (QED) is 0.0647. The van der Waals surface area contributed by atoms with Crippen molar-refractivity contribution in [2.24, 2.45) is 11.7 Å². The fourth-order valence-electron chi connectivity index (χ4n) is 3.67. The monoisotopic (exact) mass is 655 g/mol. The summed E-state index contributed by atoms with van der Waals surface area (Å²) in [4.78, 5) is 59.5. The van der Waals surface area contributed by atoms with Crippen LogP contribution in [-0.2, 0) is 30.4 Å². The van der Waals surface area contributed by atoms with Gasteiger partial charge in [0.2, 0.25) is 17.7 Å². The van der Waals surface area contributed by atoms with E-state index >= 15 is 0 Å². The van der Waals surface area contributed by atoms with Crippen LogP contribution in [0.25, 0.3) is 0 Å². The molecule has 1 aromatic rings. The van der Waals surface area contributed by atoms with Gasteiger partial charge in [-0.1, -0.05) is 13.0 Å². The van der Waals surface area contributed by atoms with Crippen LogP contribution in [0.5, 0.6) is 5.75 Å². The number of aromatic hydroxyl groups is 1. The number of carboxylic acids is 1. The number of hydrogen-bond donors (Lipinski definition) is 8. The van der Waals surface area contributed by atoms with Gasteiger partial charge in [0.25, 0.3) is 5.91 Å². The predicted octanol–water partition coefficient (Wildman–Crippen LogP) is 1.27. The molecule has 0 spiro atoms. The molecule has 0 saturated carbocycles. The molecule has 234 valence electrons. The minimum atomic E-state index is -0.926. The smallest absolute Gasteiger partial charge is 0.306 e. The lowest BCUT2D eigenvalue weighted by Crippen LogP contribution is -2.46. The summed E-state index contributed by atoms with van der Waals surface area (Å²) in [5.74, 6) is -3.35. The third kappa shape index (κ3) is 14.9. The van der Waals surface area contributed by atoms with Crippen LogP contribution in [0.3, 0.4) is 0 Å². The van der Waals surface area contributed by atoms with Gasteiger partial charge in [0.05, 0.1) is 28.2 Å². The van der Waals surface area contributed by atoms with E-state index in [0.29, 0.717) is 19.3 Å². The summed E-state index contributed by atoms with van der Waals surface area (Å²) < 4.78 is -0.00361. The minimum Gasteiger partial charge on any atom is -0.506 e. The highest BCUT2D eigenvalue weighted by Gasteiger charge is 2.19. The number of phenolic OH excluding ortho intramolecular Hbond substituents is 1. The Morgan fingerprint density at radius 1 is 1.05 bits per heavy atom. The Kier molecular flexibility index (Phi) is 15.8. The van der Waals surface area contributed by atoms with Gasteiger partial charge in [0.15, 0.2) is 0 Å². The highest BCUT2D eigenvalue weighted by Crippen LogP contribution is 2.25. The molecule has 1 aromatic carbocycles. The van der Waals surface area contributed by atoms with Gasteiger partial charge < -0.3 is 42.3 Å². The third-order valence-electron chi connectivity index (χ3n) is 6.00. The average molecular weight is 657 g/mol. The maximum Gasteiger partial charge on any atom is 0.306 e. The summed E-state index contributed by atoms with van der Waals surface area (Å²) in [5.41, 5.74) is 6.26. The zero-order valence-electron chi connectivity index (χ0n) is 24.2. The van der Waals surface area contributed by atoms with Crippen molar-refractivity contribution in [2.45, 2.75) is 70.9 Å². The average Bonchev–Trinajstić information content (AvgIpc) is 2.90. The van der Waals surface area contributed by atoms with Gasteiger partial charge in [-0.2, -0.15) is 0 Å². The molecule has 0 aliphatic rings. The Morgan fingerprint density at radius 3 is 2.29 bits per heavy atom. The van der Waals surface area contributed by atoms with Crippen LogP contribution in [-0.4, -0.2) is 76.2 Å². The van der Waals surface area contributed by atoms with E-state index in [4.69, 9.17) is 10.8 Å². The molecular formula is C28H42BrN5O8. The molecule has 9 N–H and O–H groups in total. The number of carbonyl (C=O) groups excluding carboxylic acids is 4. The van der Waals surface area contributed by atoms with Crippen molar-refractivity contribution in [1.29, 1.82) is 0 Å². The van der Waals surface area contributed by atoms with Crippen molar-refractivity contribution in [3.05, 3.63) is 34.3 Å². The molecular weight excluding hydrogens is 614 g/mol. The Hall–Kier alpha value is -3.49. The van der Waals surface area contributed by atoms with Gasteiger partial charge in [-0.05, 0) is 73.2 Å². The molecule has 2 atom stereocenters. The summed E-state index contributed by atoms with van der Waals surface area (Å²) in [5, 5.41) is 38.8. The van der Waals surface area contributed by atoms with Gasteiger partial charge in [0.1, 0.15) is 5.75 Å². The molecule has 1 rings (SSSR count). The van der Waals surface area contributed by atoms with Crippen LogP contribution < -0.4 is 27.0 Å². The Bertz CT molecular complexity index is 1140. The molecule has 4 amide bonds. The van der Waals surface area contributed by atoms with Crippen LogP contribution in [0.15, 0.2) is 28.8 Å². The molecule has 0 heterocycles. The molecule has 0 fully saturated rings. The van der Waals surface area contributed by atoms with Gasteiger partial charge in [-0.15, -0.1) is 0 Å². The van der Waals surface area contributed by atoms with Crippen LogP contribution in [0, 0.1) is 5.92 Å². The lowest BCUT2D eigenvalue weighted by Gasteiger charge is -2.23. The largest absolute Gasteiger partial charge is 0.506 e. The first-order valence-corrected chi connectivity index (χ1v) is 14.4. The number of carbonyl (C=O) groups is 5.